The van der Waals surface area contributed by atoms with Crippen LogP contribution in [0, 0.1) is 0 Å². The number of amides is 1. The molecule has 0 aromatic heterocycles. The molecule has 9 heteroatoms. The van der Waals surface area contributed by atoms with Gasteiger partial charge in [0.2, 0.25) is 10.0 Å². The molecule has 1 aromatic carbocycles. The summed E-state index contributed by atoms with van der Waals surface area (Å²) in [7, 11) is -3.75. The van der Waals surface area contributed by atoms with Gasteiger partial charge in [0.1, 0.15) is 10.6 Å². The molecule has 1 fully saturated rings. The molecule has 2 N–H and O–H groups in total. The first-order valence-electron chi connectivity index (χ1n) is 8.44. The summed E-state index contributed by atoms with van der Waals surface area (Å²) in [6, 6.07) is 2.75. The summed E-state index contributed by atoms with van der Waals surface area (Å²) < 4.78 is 33.0. The molecule has 2 aliphatic rings. The summed E-state index contributed by atoms with van der Waals surface area (Å²) in [6.45, 7) is 2.88. The third-order valence-electron chi connectivity index (χ3n) is 4.38. The van der Waals surface area contributed by atoms with E-state index in [1.54, 1.807) is 0 Å². The van der Waals surface area contributed by atoms with E-state index in [-0.39, 0.29) is 22.4 Å². The van der Waals surface area contributed by atoms with Gasteiger partial charge in [-0.1, -0.05) is 24.4 Å². The Bertz CT molecular complexity index is 746. The lowest BCUT2D eigenvalue weighted by Gasteiger charge is -2.21. The molecular weight excluding hydrogens is 366 g/mol. The van der Waals surface area contributed by atoms with Gasteiger partial charge in [0, 0.05) is 19.2 Å². The average molecular weight is 388 g/mol. The summed E-state index contributed by atoms with van der Waals surface area (Å²) in [5, 5.41) is 2.65. The molecule has 1 aromatic rings. The van der Waals surface area contributed by atoms with Gasteiger partial charge < -0.3 is 15.0 Å². The molecule has 1 amide bonds. The maximum atomic E-state index is 12.6. The normalized spacial score (nSPS) is 18.8. The Morgan fingerprint density at radius 1 is 1.20 bits per heavy atom. The van der Waals surface area contributed by atoms with Crippen LogP contribution in [0.5, 0.6) is 5.75 Å². The maximum absolute atomic E-state index is 12.6. The fourth-order valence-electron chi connectivity index (χ4n) is 3.06. The molecule has 0 bridgehead atoms. The fraction of sp³-hybridized carbons (Fsp3) is 0.562. The Kier molecular flexibility index (Phi) is 5.83. The quantitative estimate of drug-likeness (QED) is 0.804. The van der Waals surface area contributed by atoms with Crippen LogP contribution in [0.3, 0.4) is 0 Å². The molecule has 7 nitrogen and oxygen atoms in total. The topological polar surface area (TPSA) is 87.7 Å². The van der Waals surface area contributed by atoms with Gasteiger partial charge in [0.25, 0.3) is 5.91 Å². The highest BCUT2D eigenvalue weighted by atomic mass is 35.5. The van der Waals surface area contributed by atoms with Crippen LogP contribution >= 0.6 is 11.6 Å². The van der Waals surface area contributed by atoms with Crippen LogP contribution in [0.2, 0.25) is 5.02 Å². The maximum Gasteiger partial charge on any atom is 0.262 e. The van der Waals surface area contributed by atoms with Gasteiger partial charge in [0.15, 0.2) is 6.61 Å². The molecule has 0 atom stereocenters. The van der Waals surface area contributed by atoms with Crippen LogP contribution in [0.15, 0.2) is 17.0 Å². The number of halogens is 1. The monoisotopic (exact) mass is 387 g/mol. The number of hydrogen-bond acceptors (Lipinski definition) is 5. The molecule has 0 aliphatic carbocycles. The Labute approximate surface area is 152 Å². The van der Waals surface area contributed by atoms with E-state index in [0.29, 0.717) is 24.5 Å². The second kappa shape index (κ2) is 7.90. The van der Waals surface area contributed by atoms with Gasteiger partial charge in [-0.05, 0) is 32.0 Å². The van der Waals surface area contributed by atoms with Crippen LogP contribution in [-0.2, 0) is 14.8 Å². The van der Waals surface area contributed by atoms with Crippen LogP contribution < -0.4 is 14.8 Å². The average Bonchev–Trinajstić information content (AvgIpc) is 2.82. The van der Waals surface area contributed by atoms with Gasteiger partial charge in [-0.25, -0.2) is 13.1 Å². The highest BCUT2D eigenvalue weighted by molar-refractivity contribution is 7.89. The van der Waals surface area contributed by atoms with Crippen molar-refractivity contribution in [1.29, 1.82) is 0 Å². The van der Waals surface area contributed by atoms with E-state index < -0.39 is 10.0 Å². The van der Waals surface area contributed by atoms with Crippen LogP contribution in [0.4, 0.5) is 5.69 Å². The van der Waals surface area contributed by atoms with Crippen molar-refractivity contribution in [3.63, 3.8) is 0 Å². The smallest absolute Gasteiger partial charge is 0.262 e. The third-order valence-corrected chi connectivity index (χ3v) is 6.30. The number of nitrogens with zero attached hydrogens (tertiary/aromatic N) is 1. The lowest BCUT2D eigenvalue weighted by atomic mass is 10.2. The zero-order valence-corrected chi connectivity index (χ0v) is 15.5. The minimum absolute atomic E-state index is 0.0417. The molecule has 0 spiro atoms. The van der Waals surface area contributed by atoms with E-state index in [4.69, 9.17) is 16.3 Å². The number of sulfonamides is 1. The van der Waals surface area contributed by atoms with Crippen molar-refractivity contribution in [2.24, 2.45) is 0 Å². The van der Waals surface area contributed by atoms with Gasteiger partial charge >= 0.3 is 0 Å². The number of rotatable bonds is 5. The van der Waals surface area contributed by atoms with Gasteiger partial charge in [-0.3, -0.25) is 4.79 Å². The SMILES string of the molecule is O=C1COc2cc(S(=O)(=O)NCCN3CCCCCC3)c(Cl)cc2N1. The number of ether oxygens (including phenoxy) is 1. The van der Waals surface area contributed by atoms with E-state index in [2.05, 4.69) is 14.9 Å². The van der Waals surface area contributed by atoms with Gasteiger partial charge in [0.05, 0.1) is 10.7 Å². The molecular formula is C16H22ClN3O4S. The van der Waals surface area contributed by atoms with Crippen molar-refractivity contribution < 1.29 is 17.9 Å². The molecule has 138 valence electrons. The Balaban J connectivity index is 1.66. The number of likely N-dealkylation sites (tertiary alicyclic amines) is 1. The molecule has 1 saturated heterocycles. The number of fused-ring (bicyclic) bond motifs is 1. The van der Waals surface area contributed by atoms with E-state index >= 15 is 0 Å². The molecule has 2 aliphatic heterocycles. The second-order valence-electron chi connectivity index (χ2n) is 6.27. The molecule has 25 heavy (non-hydrogen) atoms. The predicted molar refractivity (Wildman–Crippen MR) is 95.7 cm³/mol. The van der Waals surface area contributed by atoms with Crippen LogP contribution in [0.1, 0.15) is 25.7 Å². The first kappa shape index (κ1) is 18.4. The number of benzene rings is 1. The molecule has 3 rings (SSSR count). The molecule has 0 unspecified atom stereocenters. The predicted octanol–water partition coefficient (Wildman–Crippen LogP) is 1.83. The van der Waals surface area contributed by atoms with E-state index in [1.807, 2.05) is 0 Å². The second-order valence-corrected chi connectivity index (χ2v) is 8.41. The van der Waals surface area contributed by atoms with E-state index in [1.165, 1.54) is 25.0 Å². The number of anilines is 1. The van der Waals surface area contributed by atoms with Crippen molar-refractivity contribution in [2.45, 2.75) is 30.6 Å². The van der Waals surface area contributed by atoms with Crippen molar-refractivity contribution >= 4 is 33.2 Å². The summed E-state index contributed by atoms with van der Waals surface area (Å²) >= 11 is 6.11. The minimum atomic E-state index is -3.75. The molecule has 0 saturated carbocycles. The largest absolute Gasteiger partial charge is 0.482 e. The zero-order valence-electron chi connectivity index (χ0n) is 13.9. The lowest BCUT2D eigenvalue weighted by Crippen LogP contribution is -2.35. The summed E-state index contributed by atoms with van der Waals surface area (Å²) in [5.74, 6) is 0.00615. The van der Waals surface area contributed by atoms with Gasteiger partial charge in [-0.15, -0.1) is 0 Å². The number of hydrogen-bond donors (Lipinski definition) is 2. The highest BCUT2D eigenvalue weighted by Crippen LogP contribution is 2.35. The fourth-order valence-corrected chi connectivity index (χ4v) is 4.62. The van der Waals surface area contributed by atoms with E-state index in [0.717, 1.165) is 25.9 Å². The van der Waals surface area contributed by atoms with Crippen molar-refractivity contribution in [3.8, 4) is 5.75 Å². The van der Waals surface area contributed by atoms with Crippen molar-refractivity contribution in [3.05, 3.63) is 17.2 Å². The summed E-state index contributed by atoms with van der Waals surface area (Å²) in [5.41, 5.74) is 0.379. The van der Waals surface area contributed by atoms with Crippen molar-refractivity contribution in [2.75, 3.05) is 38.1 Å². The summed E-state index contributed by atoms with van der Waals surface area (Å²) in [4.78, 5) is 13.6. The number of nitrogens with one attached hydrogen (secondary N) is 2. The molecule has 2 heterocycles. The lowest BCUT2D eigenvalue weighted by molar-refractivity contribution is -0.118. The minimum Gasteiger partial charge on any atom is -0.482 e. The van der Waals surface area contributed by atoms with E-state index in [9.17, 15) is 13.2 Å². The third kappa shape index (κ3) is 4.63. The standard InChI is InChI=1S/C16H22ClN3O4S/c17-12-9-13-14(24-11-16(21)19-13)10-15(12)25(22,23)18-5-8-20-6-3-1-2-4-7-20/h9-10,18H,1-8,11H2,(H,19,21). The zero-order chi connectivity index (χ0) is 17.9. The highest BCUT2D eigenvalue weighted by Gasteiger charge is 2.24. The molecule has 0 radical (unpaired) electrons. The van der Waals surface area contributed by atoms with Crippen LogP contribution in [0.25, 0.3) is 0 Å². The number of carbonyl (C=O) groups is 1. The summed E-state index contributed by atoms with van der Waals surface area (Å²) in [6.07, 6.45) is 4.80. The Morgan fingerprint density at radius 3 is 2.64 bits per heavy atom. The Morgan fingerprint density at radius 2 is 1.92 bits per heavy atom. The van der Waals surface area contributed by atoms with Crippen molar-refractivity contribution in [1.82, 2.24) is 9.62 Å². The Hall–Kier alpha value is -1.35. The first-order valence-corrected chi connectivity index (χ1v) is 10.3. The van der Waals surface area contributed by atoms with Crippen LogP contribution in [-0.4, -0.2) is 52.0 Å². The first-order chi connectivity index (χ1) is 12.0. The number of carbonyl (C=O) groups excluding carboxylic acids is 1. The van der Waals surface area contributed by atoms with Gasteiger partial charge in [-0.2, -0.15) is 0 Å².